The third-order valence-electron chi connectivity index (χ3n) is 2.66. The highest BCUT2D eigenvalue weighted by Crippen LogP contribution is 2.19. The van der Waals surface area contributed by atoms with Crippen molar-refractivity contribution in [1.29, 1.82) is 0 Å². The van der Waals surface area contributed by atoms with Crippen LogP contribution < -0.4 is 10.1 Å². The molecule has 0 fully saturated rings. The zero-order chi connectivity index (χ0) is 15.2. The first kappa shape index (κ1) is 15.3. The summed E-state index contributed by atoms with van der Waals surface area (Å²) >= 11 is 5.78. The molecular formula is C16H17ClN2O2. The van der Waals surface area contributed by atoms with E-state index in [0.29, 0.717) is 23.8 Å². The van der Waals surface area contributed by atoms with Crippen LogP contribution in [0.15, 0.2) is 42.6 Å². The molecule has 0 unspecified atom stereocenters. The molecular weight excluding hydrogens is 288 g/mol. The Kier molecular flexibility index (Phi) is 5.17. The maximum atomic E-state index is 12.1. The van der Waals surface area contributed by atoms with Gasteiger partial charge in [0.15, 0.2) is 0 Å². The van der Waals surface area contributed by atoms with Crippen molar-refractivity contribution >= 4 is 23.2 Å². The summed E-state index contributed by atoms with van der Waals surface area (Å²) < 4.78 is 5.63. The molecule has 0 spiro atoms. The Morgan fingerprint density at radius 2 is 2.14 bits per heavy atom. The number of ether oxygens (including phenoxy) is 1. The minimum Gasteiger partial charge on any atom is -0.493 e. The van der Waals surface area contributed by atoms with Crippen molar-refractivity contribution in [3.05, 3.63) is 53.3 Å². The maximum absolute atomic E-state index is 12.1. The molecule has 0 bridgehead atoms. The number of hydrogen-bond acceptors (Lipinski definition) is 3. The van der Waals surface area contributed by atoms with Crippen LogP contribution in [0.5, 0.6) is 5.75 Å². The highest BCUT2D eigenvalue weighted by Gasteiger charge is 2.07. The Morgan fingerprint density at radius 1 is 1.33 bits per heavy atom. The predicted octanol–water partition coefficient (Wildman–Crippen LogP) is 4.02. The van der Waals surface area contributed by atoms with E-state index in [2.05, 4.69) is 24.1 Å². The smallest absolute Gasteiger partial charge is 0.255 e. The van der Waals surface area contributed by atoms with Crippen LogP contribution in [0.2, 0.25) is 5.15 Å². The van der Waals surface area contributed by atoms with Gasteiger partial charge in [-0.05, 0) is 30.2 Å². The van der Waals surface area contributed by atoms with E-state index in [-0.39, 0.29) is 11.1 Å². The van der Waals surface area contributed by atoms with E-state index in [1.807, 2.05) is 18.2 Å². The molecule has 0 aliphatic carbocycles. The van der Waals surface area contributed by atoms with Crippen LogP contribution in [-0.2, 0) is 0 Å². The molecule has 0 aliphatic heterocycles. The van der Waals surface area contributed by atoms with Gasteiger partial charge in [-0.1, -0.05) is 31.5 Å². The number of amides is 1. The average Bonchev–Trinajstić information content (AvgIpc) is 2.45. The van der Waals surface area contributed by atoms with Crippen molar-refractivity contribution in [3.8, 4) is 5.75 Å². The number of pyridine rings is 1. The third-order valence-corrected chi connectivity index (χ3v) is 2.87. The summed E-state index contributed by atoms with van der Waals surface area (Å²) in [5.74, 6) is 0.941. The minimum absolute atomic E-state index is 0.236. The Labute approximate surface area is 129 Å². The lowest BCUT2D eigenvalue weighted by Crippen LogP contribution is -2.12. The Morgan fingerprint density at radius 3 is 2.86 bits per heavy atom. The largest absolute Gasteiger partial charge is 0.493 e. The number of halogens is 1. The van der Waals surface area contributed by atoms with Gasteiger partial charge >= 0.3 is 0 Å². The first-order valence-corrected chi connectivity index (χ1v) is 7.08. The predicted molar refractivity (Wildman–Crippen MR) is 84.0 cm³/mol. The monoisotopic (exact) mass is 304 g/mol. The summed E-state index contributed by atoms with van der Waals surface area (Å²) in [4.78, 5) is 16.0. The number of nitrogens with one attached hydrogen (secondary N) is 1. The van der Waals surface area contributed by atoms with Crippen molar-refractivity contribution in [2.45, 2.75) is 13.8 Å². The molecule has 2 rings (SSSR count). The molecule has 0 radical (unpaired) electrons. The van der Waals surface area contributed by atoms with Gasteiger partial charge in [-0.2, -0.15) is 0 Å². The van der Waals surface area contributed by atoms with Crippen molar-refractivity contribution in [2.75, 3.05) is 11.9 Å². The molecule has 110 valence electrons. The fourth-order valence-electron chi connectivity index (χ4n) is 1.67. The van der Waals surface area contributed by atoms with E-state index in [1.54, 1.807) is 12.1 Å². The van der Waals surface area contributed by atoms with Crippen LogP contribution in [-0.4, -0.2) is 17.5 Å². The second kappa shape index (κ2) is 7.09. The van der Waals surface area contributed by atoms with Crippen molar-refractivity contribution in [2.24, 2.45) is 5.92 Å². The number of anilines is 1. The molecule has 21 heavy (non-hydrogen) atoms. The van der Waals surface area contributed by atoms with Gasteiger partial charge in [0, 0.05) is 23.5 Å². The quantitative estimate of drug-likeness (QED) is 0.849. The maximum Gasteiger partial charge on any atom is 0.255 e. The average molecular weight is 305 g/mol. The second-order valence-corrected chi connectivity index (χ2v) is 5.44. The summed E-state index contributed by atoms with van der Waals surface area (Å²) in [6.45, 7) is 4.80. The van der Waals surface area contributed by atoms with Crippen molar-refractivity contribution < 1.29 is 9.53 Å². The fraction of sp³-hybridized carbons (Fsp3) is 0.250. The summed E-state index contributed by atoms with van der Waals surface area (Å²) in [5.41, 5.74) is 1.14. The zero-order valence-electron chi connectivity index (χ0n) is 12.0. The molecule has 4 nitrogen and oxygen atoms in total. The van der Waals surface area contributed by atoms with E-state index in [4.69, 9.17) is 16.3 Å². The van der Waals surface area contributed by atoms with Crippen LogP contribution in [0.1, 0.15) is 24.2 Å². The molecule has 0 aliphatic rings. The lowest BCUT2D eigenvalue weighted by molar-refractivity contribution is 0.102. The van der Waals surface area contributed by atoms with Gasteiger partial charge in [0.2, 0.25) is 0 Å². The van der Waals surface area contributed by atoms with Gasteiger partial charge in [-0.15, -0.1) is 0 Å². The normalized spacial score (nSPS) is 10.5. The van der Waals surface area contributed by atoms with E-state index >= 15 is 0 Å². The number of nitrogens with zero attached hydrogens (tertiary/aromatic N) is 1. The molecule has 1 aromatic heterocycles. The van der Waals surface area contributed by atoms with Gasteiger partial charge in [-0.3, -0.25) is 4.79 Å². The van der Waals surface area contributed by atoms with Gasteiger partial charge in [-0.25, -0.2) is 4.98 Å². The molecule has 1 N–H and O–H groups in total. The minimum atomic E-state index is -0.236. The van der Waals surface area contributed by atoms with E-state index < -0.39 is 0 Å². The SMILES string of the molecule is CC(C)COc1cccc(NC(=O)c2ccnc(Cl)c2)c1. The van der Waals surface area contributed by atoms with Crippen molar-refractivity contribution in [3.63, 3.8) is 0 Å². The highest BCUT2D eigenvalue weighted by molar-refractivity contribution is 6.29. The Hall–Kier alpha value is -2.07. The number of carbonyl (C=O) groups excluding carboxylic acids is 1. The zero-order valence-corrected chi connectivity index (χ0v) is 12.7. The summed E-state index contributed by atoms with van der Waals surface area (Å²) in [7, 11) is 0. The summed E-state index contributed by atoms with van der Waals surface area (Å²) in [5, 5.41) is 3.10. The first-order valence-electron chi connectivity index (χ1n) is 6.70. The number of hydrogen-bond donors (Lipinski definition) is 1. The molecule has 2 aromatic rings. The van der Waals surface area contributed by atoms with E-state index in [9.17, 15) is 4.79 Å². The highest BCUT2D eigenvalue weighted by atomic mass is 35.5. The molecule has 0 saturated heterocycles. The topological polar surface area (TPSA) is 51.2 Å². The van der Waals surface area contributed by atoms with Gasteiger partial charge in [0.05, 0.1) is 6.61 Å². The molecule has 1 aromatic carbocycles. The lowest BCUT2D eigenvalue weighted by atomic mass is 10.2. The first-order chi connectivity index (χ1) is 10.0. The van der Waals surface area contributed by atoms with E-state index in [1.165, 1.54) is 12.3 Å². The molecule has 0 saturated carbocycles. The van der Waals surface area contributed by atoms with Crippen LogP contribution in [0.25, 0.3) is 0 Å². The standard InChI is InChI=1S/C16H17ClN2O2/c1-11(2)10-21-14-5-3-4-13(9-14)19-16(20)12-6-7-18-15(17)8-12/h3-9,11H,10H2,1-2H3,(H,19,20). The fourth-order valence-corrected chi connectivity index (χ4v) is 1.85. The van der Waals surface area contributed by atoms with Crippen LogP contribution >= 0.6 is 11.6 Å². The Balaban J connectivity index is 2.05. The van der Waals surface area contributed by atoms with Gasteiger partial charge in [0.25, 0.3) is 5.91 Å². The lowest BCUT2D eigenvalue weighted by Gasteiger charge is -2.10. The number of benzene rings is 1. The van der Waals surface area contributed by atoms with Gasteiger partial charge in [0.1, 0.15) is 10.9 Å². The number of rotatable bonds is 5. The molecule has 1 amide bonds. The van der Waals surface area contributed by atoms with E-state index in [0.717, 1.165) is 5.75 Å². The number of carbonyl (C=O) groups is 1. The number of aromatic nitrogens is 1. The van der Waals surface area contributed by atoms with Crippen LogP contribution in [0, 0.1) is 5.92 Å². The molecule has 5 heteroatoms. The third kappa shape index (κ3) is 4.76. The Bertz CT molecular complexity index is 629. The summed E-state index contributed by atoms with van der Waals surface area (Å²) in [6, 6.07) is 10.4. The summed E-state index contributed by atoms with van der Waals surface area (Å²) in [6.07, 6.45) is 1.50. The second-order valence-electron chi connectivity index (χ2n) is 5.05. The van der Waals surface area contributed by atoms with Gasteiger partial charge < -0.3 is 10.1 Å². The van der Waals surface area contributed by atoms with Crippen molar-refractivity contribution in [1.82, 2.24) is 4.98 Å². The van der Waals surface area contributed by atoms with Crippen LogP contribution in [0.3, 0.4) is 0 Å². The molecule has 0 atom stereocenters. The van der Waals surface area contributed by atoms with Crippen LogP contribution in [0.4, 0.5) is 5.69 Å². The molecule has 1 heterocycles.